The number of hydrogen-bond donors (Lipinski definition) is 1. The van der Waals surface area contributed by atoms with E-state index in [2.05, 4.69) is 26.7 Å². The third-order valence-corrected chi connectivity index (χ3v) is 6.76. The summed E-state index contributed by atoms with van der Waals surface area (Å²) < 4.78 is 44.6. The van der Waals surface area contributed by atoms with E-state index in [9.17, 15) is 18.0 Å². The van der Waals surface area contributed by atoms with Crippen molar-refractivity contribution in [2.75, 3.05) is 24.5 Å². The number of benzene rings is 1. The lowest BCUT2D eigenvalue weighted by molar-refractivity contribution is -0.137. The third-order valence-electron chi connectivity index (χ3n) is 6.76. The molecule has 180 valence electrons. The zero-order valence-corrected chi connectivity index (χ0v) is 19.0. The first-order chi connectivity index (χ1) is 16.3. The van der Waals surface area contributed by atoms with Crippen LogP contribution in [0.4, 0.5) is 19.1 Å². The Kier molecular flexibility index (Phi) is 5.97. The lowest BCUT2D eigenvalue weighted by Gasteiger charge is -2.30. The van der Waals surface area contributed by atoms with Crippen LogP contribution in [0.3, 0.4) is 0 Å². The predicted molar refractivity (Wildman–Crippen MR) is 122 cm³/mol. The number of halogens is 3. The van der Waals surface area contributed by atoms with Gasteiger partial charge in [-0.2, -0.15) is 13.2 Å². The lowest BCUT2D eigenvalue weighted by Crippen LogP contribution is -2.35. The van der Waals surface area contributed by atoms with Crippen molar-refractivity contribution in [3.8, 4) is 11.4 Å². The summed E-state index contributed by atoms with van der Waals surface area (Å²) in [7, 11) is 0. The van der Waals surface area contributed by atoms with E-state index in [0.717, 1.165) is 42.8 Å². The molecule has 1 saturated heterocycles. The summed E-state index contributed by atoms with van der Waals surface area (Å²) in [5.41, 5.74) is 0.747. The van der Waals surface area contributed by atoms with Gasteiger partial charge in [0, 0.05) is 44.2 Å². The fraction of sp³-hybridized carbons (Fsp3) is 0.440. The molecule has 0 bridgehead atoms. The van der Waals surface area contributed by atoms with Gasteiger partial charge in [-0.3, -0.25) is 9.69 Å². The highest BCUT2D eigenvalue weighted by atomic mass is 19.4. The Hall–Kier alpha value is -3.07. The number of furan rings is 1. The van der Waals surface area contributed by atoms with Gasteiger partial charge in [-0.1, -0.05) is 19.1 Å². The fourth-order valence-corrected chi connectivity index (χ4v) is 4.64. The average molecular weight is 473 g/mol. The maximum Gasteiger partial charge on any atom is 0.416 e. The SMILES string of the molecule is CC1CCN(c2ccc(CN3CCc4nc(-c5ccc(C(F)(F)F)cc5)[nH]c(=O)c4C3)o2)CC1. The van der Waals surface area contributed by atoms with Crippen molar-refractivity contribution >= 4 is 5.88 Å². The number of aromatic nitrogens is 2. The summed E-state index contributed by atoms with van der Waals surface area (Å²) in [4.78, 5) is 24.5. The molecule has 0 atom stereocenters. The largest absolute Gasteiger partial charge is 0.444 e. The molecule has 1 aromatic carbocycles. The van der Waals surface area contributed by atoms with Gasteiger partial charge in [-0.05, 0) is 37.0 Å². The van der Waals surface area contributed by atoms with E-state index < -0.39 is 11.7 Å². The van der Waals surface area contributed by atoms with Crippen molar-refractivity contribution in [1.29, 1.82) is 0 Å². The van der Waals surface area contributed by atoms with Crippen molar-refractivity contribution in [2.45, 2.75) is 45.5 Å². The predicted octanol–water partition coefficient (Wildman–Crippen LogP) is 4.84. The van der Waals surface area contributed by atoms with Crippen LogP contribution in [-0.4, -0.2) is 34.5 Å². The van der Waals surface area contributed by atoms with Crippen molar-refractivity contribution in [3.05, 3.63) is 69.3 Å². The van der Waals surface area contributed by atoms with E-state index >= 15 is 0 Å². The highest BCUT2D eigenvalue weighted by molar-refractivity contribution is 5.56. The molecule has 2 aliphatic heterocycles. The van der Waals surface area contributed by atoms with Crippen LogP contribution in [0, 0.1) is 5.92 Å². The van der Waals surface area contributed by atoms with Crippen molar-refractivity contribution in [2.24, 2.45) is 5.92 Å². The monoisotopic (exact) mass is 472 g/mol. The number of nitrogens with zero attached hydrogens (tertiary/aromatic N) is 3. The molecular weight excluding hydrogens is 445 g/mol. The summed E-state index contributed by atoms with van der Waals surface area (Å²) in [5, 5.41) is 0. The number of H-pyrrole nitrogens is 1. The van der Waals surface area contributed by atoms with Gasteiger partial charge < -0.3 is 14.3 Å². The standard InChI is InChI=1S/C25H27F3N4O2/c1-16-8-12-32(13-9-16)22-7-6-19(34-22)14-31-11-10-21-20(15-31)24(33)30-23(29-21)17-2-4-18(5-3-17)25(26,27)28/h2-7,16H,8-15H2,1H3,(H,29,30,33). The molecule has 9 heteroatoms. The quantitative estimate of drug-likeness (QED) is 0.589. The number of rotatable bonds is 4. The molecule has 2 aromatic heterocycles. The number of aromatic amines is 1. The number of piperidine rings is 1. The third kappa shape index (κ3) is 4.75. The van der Waals surface area contributed by atoms with Crippen molar-refractivity contribution in [3.63, 3.8) is 0 Å². The Morgan fingerprint density at radius 2 is 1.82 bits per heavy atom. The molecule has 0 unspecified atom stereocenters. The molecule has 1 N–H and O–H groups in total. The van der Waals surface area contributed by atoms with Gasteiger partial charge in [-0.25, -0.2) is 4.98 Å². The Balaban J connectivity index is 1.27. The summed E-state index contributed by atoms with van der Waals surface area (Å²) in [6, 6.07) is 8.68. The van der Waals surface area contributed by atoms with Crippen LogP contribution in [0.5, 0.6) is 0 Å². The summed E-state index contributed by atoms with van der Waals surface area (Å²) in [6.45, 7) is 6.06. The molecule has 2 aliphatic rings. The first kappa shape index (κ1) is 22.7. The van der Waals surface area contributed by atoms with E-state index in [4.69, 9.17) is 4.42 Å². The topological polar surface area (TPSA) is 65.4 Å². The second-order valence-electron chi connectivity index (χ2n) is 9.29. The Bertz CT molecular complexity index is 1210. The minimum Gasteiger partial charge on any atom is -0.444 e. The van der Waals surface area contributed by atoms with Gasteiger partial charge in [0.25, 0.3) is 5.56 Å². The Morgan fingerprint density at radius 1 is 1.09 bits per heavy atom. The van der Waals surface area contributed by atoms with Gasteiger partial charge in [0.15, 0.2) is 5.88 Å². The molecule has 0 aliphatic carbocycles. The van der Waals surface area contributed by atoms with Gasteiger partial charge in [0.1, 0.15) is 11.6 Å². The minimum atomic E-state index is -4.40. The molecule has 3 aromatic rings. The van der Waals surface area contributed by atoms with Gasteiger partial charge >= 0.3 is 6.18 Å². The van der Waals surface area contributed by atoms with Crippen LogP contribution in [0.25, 0.3) is 11.4 Å². The van der Waals surface area contributed by atoms with Crippen LogP contribution in [0.1, 0.15) is 42.3 Å². The van der Waals surface area contributed by atoms with Gasteiger partial charge in [0.05, 0.1) is 23.4 Å². The van der Waals surface area contributed by atoms with Gasteiger partial charge in [-0.15, -0.1) is 0 Å². The number of fused-ring (bicyclic) bond motifs is 1. The first-order valence-electron chi connectivity index (χ1n) is 11.6. The van der Waals surface area contributed by atoms with Crippen LogP contribution in [-0.2, 0) is 25.7 Å². The smallest absolute Gasteiger partial charge is 0.416 e. The van der Waals surface area contributed by atoms with Crippen LogP contribution in [0.2, 0.25) is 0 Å². The van der Waals surface area contributed by atoms with E-state index in [-0.39, 0.29) is 11.4 Å². The molecule has 5 rings (SSSR count). The average Bonchev–Trinajstić information content (AvgIpc) is 3.28. The minimum absolute atomic E-state index is 0.257. The molecule has 6 nitrogen and oxygen atoms in total. The summed E-state index contributed by atoms with van der Waals surface area (Å²) in [6.07, 6.45) is -1.48. The second-order valence-corrected chi connectivity index (χ2v) is 9.29. The molecule has 0 amide bonds. The normalized spacial score (nSPS) is 17.7. The van der Waals surface area contributed by atoms with Crippen molar-refractivity contribution < 1.29 is 17.6 Å². The molecule has 4 heterocycles. The van der Waals surface area contributed by atoms with E-state index in [1.165, 1.54) is 25.0 Å². The maximum atomic E-state index is 12.8. The molecular formula is C25H27F3N4O2. The summed E-state index contributed by atoms with van der Waals surface area (Å²) in [5.74, 6) is 2.81. The van der Waals surface area contributed by atoms with Crippen LogP contribution in [0.15, 0.2) is 45.6 Å². The lowest BCUT2D eigenvalue weighted by atomic mass is 9.99. The molecule has 34 heavy (non-hydrogen) atoms. The fourth-order valence-electron chi connectivity index (χ4n) is 4.64. The molecule has 0 spiro atoms. The second kappa shape index (κ2) is 8.94. The number of alkyl halides is 3. The van der Waals surface area contributed by atoms with Crippen LogP contribution < -0.4 is 10.5 Å². The Labute approximate surface area is 195 Å². The number of anilines is 1. The highest BCUT2D eigenvalue weighted by Gasteiger charge is 2.30. The van der Waals surface area contributed by atoms with Gasteiger partial charge in [0.2, 0.25) is 0 Å². The zero-order valence-electron chi connectivity index (χ0n) is 19.0. The number of hydrogen-bond acceptors (Lipinski definition) is 5. The zero-order chi connectivity index (χ0) is 23.9. The van der Waals surface area contributed by atoms with Crippen molar-refractivity contribution in [1.82, 2.24) is 14.9 Å². The number of nitrogens with one attached hydrogen (secondary N) is 1. The molecule has 0 saturated carbocycles. The Morgan fingerprint density at radius 3 is 2.53 bits per heavy atom. The summed E-state index contributed by atoms with van der Waals surface area (Å²) >= 11 is 0. The van der Waals surface area contributed by atoms with E-state index in [0.29, 0.717) is 42.9 Å². The van der Waals surface area contributed by atoms with E-state index in [1.54, 1.807) is 0 Å². The first-order valence-corrected chi connectivity index (χ1v) is 11.6. The molecule has 0 radical (unpaired) electrons. The molecule has 1 fully saturated rings. The highest BCUT2D eigenvalue weighted by Crippen LogP contribution is 2.31. The van der Waals surface area contributed by atoms with Crippen LogP contribution >= 0.6 is 0 Å². The maximum absolute atomic E-state index is 12.8. The van der Waals surface area contributed by atoms with E-state index in [1.807, 2.05) is 12.1 Å².